The van der Waals surface area contributed by atoms with Crippen LogP contribution in [0.1, 0.15) is 22.8 Å². The molecule has 23 heavy (non-hydrogen) atoms. The summed E-state index contributed by atoms with van der Waals surface area (Å²) in [5, 5.41) is 0. The molecule has 0 atom stereocenters. The Hall–Kier alpha value is -1.86. The molecule has 2 aromatic rings. The first-order chi connectivity index (χ1) is 10.8. The first-order valence-electron chi connectivity index (χ1n) is 6.89. The molecule has 0 amide bonds. The zero-order valence-corrected chi connectivity index (χ0v) is 15.1. The second-order valence-corrected chi connectivity index (χ2v) is 7.38. The summed E-state index contributed by atoms with van der Waals surface area (Å²) in [6.45, 7) is 3.68. The maximum absolute atomic E-state index is 12.5. The second-order valence-electron chi connectivity index (χ2n) is 4.82. The van der Waals surface area contributed by atoms with Crippen molar-refractivity contribution in [1.82, 2.24) is 0 Å². The number of carbonyl (C=O) groups is 1. The number of rotatable bonds is 5. The Kier molecular flexibility index (Phi) is 5.43. The van der Waals surface area contributed by atoms with Gasteiger partial charge in [0, 0.05) is 10.2 Å². The number of hydrogen-bond acceptors (Lipinski definition) is 4. The number of nitrogens with one attached hydrogen (secondary N) is 1. The van der Waals surface area contributed by atoms with Crippen molar-refractivity contribution in [3.05, 3.63) is 58.1 Å². The fourth-order valence-corrected chi connectivity index (χ4v) is 3.83. The van der Waals surface area contributed by atoms with Crippen molar-refractivity contribution in [3.8, 4) is 0 Å². The Labute approximate surface area is 143 Å². The Bertz CT molecular complexity index is 834. The first-order valence-corrected chi connectivity index (χ1v) is 9.17. The average molecular weight is 398 g/mol. The van der Waals surface area contributed by atoms with Crippen LogP contribution in [0.25, 0.3) is 0 Å². The fraction of sp³-hybridized carbons (Fsp3) is 0.188. The molecule has 5 nitrogen and oxygen atoms in total. The van der Waals surface area contributed by atoms with Gasteiger partial charge < -0.3 is 4.74 Å². The van der Waals surface area contributed by atoms with E-state index in [9.17, 15) is 13.2 Å². The van der Waals surface area contributed by atoms with Crippen molar-refractivity contribution in [1.29, 1.82) is 0 Å². The maximum Gasteiger partial charge on any atom is 0.338 e. The van der Waals surface area contributed by atoms with Gasteiger partial charge in [-0.25, -0.2) is 13.2 Å². The van der Waals surface area contributed by atoms with Crippen molar-refractivity contribution in [2.45, 2.75) is 18.7 Å². The highest BCUT2D eigenvalue weighted by molar-refractivity contribution is 9.10. The molecular weight excluding hydrogens is 382 g/mol. The van der Waals surface area contributed by atoms with Crippen LogP contribution in [-0.4, -0.2) is 21.0 Å². The van der Waals surface area contributed by atoms with E-state index >= 15 is 0 Å². The lowest BCUT2D eigenvalue weighted by Crippen LogP contribution is -2.15. The molecule has 2 aromatic carbocycles. The van der Waals surface area contributed by atoms with Gasteiger partial charge in [0.15, 0.2) is 0 Å². The molecule has 0 aliphatic carbocycles. The Morgan fingerprint density at radius 1 is 1.22 bits per heavy atom. The standard InChI is InChI=1S/C16H16BrNO4S/c1-3-22-16(19)12-5-4-6-14(9-12)18-23(20,21)15-10-13(17)8-7-11(15)2/h4-10,18H,3H2,1-2H3. The van der Waals surface area contributed by atoms with Gasteiger partial charge in [-0.1, -0.05) is 28.1 Å². The maximum atomic E-state index is 12.5. The molecule has 0 radical (unpaired) electrons. The van der Waals surface area contributed by atoms with Crippen LogP contribution in [0.2, 0.25) is 0 Å². The lowest BCUT2D eigenvalue weighted by molar-refractivity contribution is 0.0526. The third-order valence-corrected chi connectivity index (χ3v) is 5.08. The van der Waals surface area contributed by atoms with Crippen LogP contribution in [0.5, 0.6) is 0 Å². The number of benzene rings is 2. The summed E-state index contributed by atoms with van der Waals surface area (Å²) in [6.07, 6.45) is 0. The lowest BCUT2D eigenvalue weighted by atomic mass is 10.2. The number of anilines is 1. The average Bonchev–Trinajstić information content (AvgIpc) is 2.49. The largest absolute Gasteiger partial charge is 0.462 e. The van der Waals surface area contributed by atoms with Gasteiger partial charge in [0.1, 0.15) is 0 Å². The van der Waals surface area contributed by atoms with Crippen LogP contribution in [-0.2, 0) is 14.8 Å². The smallest absolute Gasteiger partial charge is 0.338 e. The molecule has 0 aromatic heterocycles. The Morgan fingerprint density at radius 3 is 2.65 bits per heavy atom. The summed E-state index contributed by atoms with van der Waals surface area (Å²) in [5.41, 5.74) is 1.22. The van der Waals surface area contributed by atoms with E-state index in [-0.39, 0.29) is 17.1 Å². The molecule has 0 heterocycles. The summed E-state index contributed by atoms with van der Waals surface area (Å²) in [7, 11) is -3.75. The van der Waals surface area contributed by atoms with Crippen LogP contribution >= 0.6 is 15.9 Å². The molecule has 7 heteroatoms. The normalized spacial score (nSPS) is 11.1. The molecule has 0 spiro atoms. The summed E-state index contributed by atoms with van der Waals surface area (Å²) in [5.74, 6) is -0.493. The molecule has 122 valence electrons. The lowest BCUT2D eigenvalue weighted by Gasteiger charge is -2.11. The van der Waals surface area contributed by atoms with Gasteiger partial charge in [0.25, 0.3) is 10.0 Å². The minimum Gasteiger partial charge on any atom is -0.462 e. The number of ether oxygens (including phenoxy) is 1. The van der Waals surface area contributed by atoms with E-state index in [1.54, 1.807) is 44.2 Å². The molecule has 0 saturated carbocycles. The van der Waals surface area contributed by atoms with E-state index in [0.717, 1.165) is 0 Å². The fourth-order valence-electron chi connectivity index (χ4n) is 2.00. The van der Waals surface area contributed by atoms with E-state index in [0.29, 0.717) is 15.7 Å². The second kappa shape index (κ2) is 7.14. The number of carbonyl (C=O) groups excluding carboxylic acids is 1. The SMILES string of the molecule is CCOC(=O)c1cccc(NS(=O)(=O)c2cc(Br)ccc2C)c1. The van der Waals surface area contributed by atoms with Crippen LogP contribution in [0.15, 0.2) is 51.8 Å². The van der Waals surface area contributed by atoms with Gasteiger partial charge in [-0.3, -0.25) is 4.72 Å². The number of hydrogen-bond donors (Lipinski definition) is 1. The first kappa shape index (κ1) is 17.5. The zero-order chi connectivity index (χ0) is 17.0. The Morgan fingerprint density at radius 2 is 1.96 bits per heavy atom. The molecule has 0 bridgehead atoms. The van der Waals surface area contributed by atoms with Gasteiger partial charge in [-0.05, 0) is 49.7 Å². The number of aryl methyl sites for hydroxylation is 1. The topological polar surface area (TPSA) is 72.5 Å². The van der Waals surface area contributed by atoms with E-state index in [1.165, 1.54) is 12.1 Å². The number of sulfonamides is 1. The van der Waals surface area contributed by atoms with Crippen LogP contribution in [0.3, 0.4) is 0 Å². The van der Waals surface area contributed by atoms with Crippen molar-refractivity contribution < 1.29 is 17.9 Å². The molecule has 0 unspecified atom stereocenters. The molecule has 0 aliphatic heterocycles. The van der Waals surface area contributed by atoms with E-state index < -0.39 is 16.0 Å². The van der Waals surface area contributed by atoms with Crippen molar-refractivity contribution >= 4 is 37.6 Å². The summed E-state index contributed by atoms with van der Waals surface area (Å²) >= 11 is 3.27. The predicted molar refractivity (Wildman–Crippen MR) is 92.1 cm³/mol. The third kappa shape index (κ3) is 4.33. The van der Waals surface area contributed by atoms with Gasteiger partial charge in [0.2, 0.25) is 0 Å². The number of esters is 1. The zero-order valence-electron chi connectivity index (χ0n) is 12.7. The quantitative estimate of drug-likeness (QED) is 0.779. The van der Waals surface area contributed by atoms with Crippen LogP contribution in [0, 0.1) is 6.92 Å². The molecule has 0 aliphatic rings. The van der Waals surface area contributed by atoms with Gasteiger partial charge in [-0.2, -0.15) is 0 Å². The van der Waals surface area contributed by atoms with E-state index in [2.05, 4.69) is 20.7 Å². The number of halogens is 1. The predicted octanol–water partition coefficient (Wildman–Crippen LogP) is 3.74. The van der Waals surface area contributed by atoms with E-state index in [1.807, 2.05) is 0 Å². The van der Waals surface area contributed by atoms with Crippen LogP contribution in [0.4, 0.5) is 5.69 Å². The third-order valence-electron chi connectivity index (χ3n) is 3.07. The molecule has 0 saturated heterocycles. The molecule has 2 rings (SSSR count). The van der Waals surface area contributed by atoms with Gasteiger partial charge >= 0.3 is 5.97 Å². The molecular formula is C16H16BrNO4S. The minimum absolute atomic E-state index is 0.174. The molecule has 0 fully saturated rings. The van der Waals surface area contributed by atoms with Crippen molar-refractivity contribution in [3.63, 3.8) is 0 Å². The van der Waals surface area contributed by atoms with Gasteiger partial charge in [-0.15, -0.1) is 0 Å². The summed E-state index contributed by atoms with van der Waals surface area (Å²) in [4.78, 5) is 11.9. The monoisotopic (exact) mass is 397 g/mol. The van der Waals surface area contributed by atoms with Crippen LogP contribution < -0.4 is 4.72 Å². The van der Waals surface area contributed by atoms with Crippen molar-refractivity contribution in [2.75, 3.05) is 11.3 Å². The van der Waals surface area contributed by atoms with Crippen molar-refractivity contribution in [2.24, 2.45) is 0 Å². The molecule has 1 N–H and O–H groups in total. The highest BCUT2D eigenvalue weighted by atomic mass is 79.9. The Balaban J connectivity index is 2.32. The van der Waals surface area contributed by atoms with Gasteiger partial charge in [0.05, 0.1) is 17.1 Å². The minimum atomic E-state index is -3.75. The highest BCUT2D eigenvalue weighted by Crippen LogP contribution is 2.23. The summed E-state index contributed by atoms with van der Waals surface area (Å²) in [6, 6.07) is 11.2. The highest BCUT2D eigenvalue weighted by Gasteiger charge is 2.18. The van der Waals surface area contributed by atoms with E-state index in [4.69, 9.17) is 4.74 Å². The summed E-state index contributed by atoms with van der Waals surface area (Å²) < 4.78 is 33.1.